The molecule has 0 aromatic carbocycles. The van der Waals surface area contributed by atoms with Gasteiger partial charge in [0.05, 0.1) is 0 Å². The number of ketones is 2. The number of carbonyl (C=O) groups excluding carboxylic acids is 2. The summed E-state index contributed by atoms with van der Waals surface area (Å²) in [5, 5.41) is 0. The number of hydrogen-bond donors (Lipinski definition) is 0. The van der Waals surface area contributed by atoms with Gasteiger partial charge in [0.15, 0.2) is 0 Å². The van der Waals surface area contributed by atoms with E-state index in [4.69, 9.17) is 0 Å². The minimum Gasteiger partial charge on any atom is -0.300 e. The Balaban J connectivity index is 2.28. The molecule has 0 amide bonds. The van der Waals surface area contributed by atoms with Crippen molar-refractivity contribution in [3.8, 4) is 0 Å². The molecule has 2 heteroatoms. The van der Waals surface area contributed by atoms with Crippen molar-refractivity contribution >= 4 is 11.6 Å². The molecule has 0 heterocycles. The van der Waals surface area contributed by atoms with Gasteiger partial charge in [0.1, 0.15) is 11.6 Å². The van der Waals surface area contributed by atoms with Gasteiger partial charge >= 0.3 is 0 Å². The van der Waals surface area contributed by atoms with E-state index in [1.807, 2.05) is 13.8 Å². The Morgan fingerprint density at radius 3 is 2.12 bits per heavy atom. The molecular weight excluding hydrogens is 200 g/mol. The molecule has 0 radical (unpaired) electrons. The molecule has 0 atom stereocenters. The van der Waals surface area contributed by atoms with Crippen LogP contribution in [0.25, 0.3) is 0 Å². The Morgan fingerprint density at radius 2 is 1.69 bits per heavy atom. The zero-order valence-electron chi connectivity index (χ0n) is 10.8. The van der Waals surface area contributed by atoms with Gasteiger partial charge in [0, 0.05) is 18.3 Å². The van der Waals surface area contributed by atoms with Crippen molar-refractivity contribution in [3.05, 3.63) is 0 Å². The first-order chi connectivity index (χ1) is 7.50. The molecule has 0 aromatic rings. The van der Waals surface area contributed by atoms with E-state index in [2.05, 4.69) is 0 Å². The molecule has 1 fully saturated rings. The molecule has 2 nitrogen and oxygen atoms in total. The molecule has 1 rings (SSSR count). The van der Waals surface area contributed by atoms with Gasteiger partial charge in [-0.05, 0) is 44.9 Å². The van der Waals surface area contributed by atoms with Gasteiger partial charge in [-0.1, -0.05) is 13.8 Å². The van der Waals surface area contributed by atoms with Crippen LogP contribution in [0.5, 0.6) is 0 Å². The number of rotatable bonds is 5. The summed E-state index contributed by atoms with van der Waals surface area (Å²) in [6.07, 6.45) is 6.09. The first kappa shape index (κ1) is 13.4. The van der Waals surface area contributed by atoms with Crippen molar-refractivity contribution in [2.75, 3.05) is 0 Å². The SMILES string of the molecule is CC(=O)CCC1CCC(C(=O)C(C)C)CC1. The van der Waals surface area contributed by atoms with E-state index in [0.717, 1.165) is 32.1 Å². The van der Waals surface area contributed by atoms with Crippen molar-refractivity contribution in [3.63, 3.8) is 0 Å². The fourth-order valence-corrected chi connectivity index (χ4v) is 2.61. The van der Waals surface area contributed by atoms with Crippen molar-refractivity contribution in [1.82, 2.24) is 0 Å². The lowest BCUT2D eigenvalue weighted by molar-refractivity contribution is -0.127. The Bertz CT molecular complexity index is 247. The quantitative estimate of drug-likeness (QED) is 0.717. The lowest BCUT2D eigenvalue weighted by atomic mass is 9.76. The molecule has 0 aromatic heterocycles. The first-order valence-corrected chi connectivity index (χ1v) is 6.54. The Hall–Kier alpha value is -0.660. The van der Waals surface area contributed by atoms with Crippen LogP contribution in [0.4, 0.5) is 0 Å². The zero-order valence-corrected chi connectivity index (χ0v) is 10.8. The van der Waals surface area contributed by atoms with E-state index >= 15 is 0 Å². The minimum atomic E-state index is 0.179. The summed E-state index contributed by atoms with van der Waals surface area (Å²) >= 11 is 0. The van der Waals surface area contributed by atoms with E-state index < -0.39 is 0 Å². The monoisotopic (exact) mass is 224 g/mol. The van der Waals surface area contributed by atoms with Crippen LogP contribution < -0.4 is 0 Å². The summed E-state index contributed by atoms with van der Waals surface area (Å²) < 4.78 is 0. The maximum Gasteiger partial charge on any atom is 0.138 e. The van der Waals surface area contributed by atoms with E-state index in [1.54, 1.807) is 6.92 Å². The second-order valence-electron chi connectivity index (χ2n) is 5.52. The largest absolute Gasteiger partial charge is 0.300 e. The second-order valence-corrected chi connectivity index (χ2v) is 5.52. The van der Waals surface area contributed by atoms with Gasteiger partial charge in [-0.15, -0.1) is 0 Å². The standard InChI is InChI=1S/C14H24O2/c1-10(2)14(16)13-8-6-12(7-9-13)5-4-11(3)15/h10,12-13H,4-9H2,1-3H3. The molecule has 0 unspecified atom stereocenters. The Labute approximate surface area is 98.8 Å². The van der Waals surface area contributed by atoms with Gasteiger partial charge in [-0.25, -0.2) is 0 Å². The predicted molar refractivity (Wildman–Crippen MR) is 65.2 cm³/mol. The van der Waals surface area contributed by atoms with Crippen LogP contribution in [0, 0.1) is 17.8 Å². The maximum atomic E-state index is 11.8. The summed E-state index contributed by atoms with van der Waals surface area (Å²) in [6.45, 7) is 5.64. The third-order valence-electron chi connectivity index (χ3n) is 3.72. The summed E-state index contributed by atoms with van der Waals surface area (Å²) in [5.41, 5.74) is 0. The van der Waals surface area contributed by atoms with Gasteiger partial charge in [-0.3, -0.25) is 4.79 Å². The van der Waals surface area contributed by atoms with E-state index in [1.165, 1.54) is 0 Å². The topological polar surface area (TPSA) is 34.1 Å². The molecule has 0 saturated heterocycles. The molecular formula is C14H24O2. The molecule has 0 spiro atoms. The molecule has 1 saturated carbocycles. The molecule has 16 heavy (non-hydrogen) atoms. The third-order valence-corrected chi connectivity index (χ3v) is 3.72. The number of hydrogen-bond acceptors (Lipinski definition) is 2. The van der Waals surface area contributed by atoms with E-state index in [0.29, 0.717) is 29.8 Å². The summed E-state index contributed by atoms with van der Waals surface area (Å²) in [6, 6.07) is 0. The van der Waals surface area contributed by atoms with Crippen molar-refractivity contribution in [2.24, 2.45) is 17.8 Å². The van der Waals surface area contributed by atoms with E-state index in [-0.39, 0.29) is 5.92 Å². The average molecular weight is 224 g/mol. The van der Waals surface area contributed by atoms with E-state index in [9.17, 15) is 9.59 Å². The molecule has 92 valence electrons. The Kier molecular flexibility index (Phi) is 5.17. The van der Waals surface area contributed by atoms with Gasteiger partial charge in [0.2, 0.25) is 0 Å². The molecule has 0 N–H and O–H groups in total. The lowest BCUT2D eigenvalue weighted by Gasteiger charge is -2.28. The lowest BCUT2D eigenvalue weighted by Crippen LogP contribution is -2.25. The smallest absolute Gasteiger partial charge is 0.138 e. The van der Waals surface area contributed by atoms with Crippen molar-refractivity contribution in [2.45, 2.75) is 59.3 Å². The van der Waals surface area contributed by atoms with Crippen molar-refractivity contribution in [1.29, 1.82) is 0 Å². The number of Topliss-reactive ketones (excluding diaryl/α,β-unsaturated/α-hetero) is 2. The molecule has 1 aliphatic rings. The minimum absolute atomic E-state index is 0.179. The summed E-state index contributed by atoms with van der Waals surface area (Å²) in [4.78, 5) is 22.7. The fourth-order valence-electron chi connectivity index (χ4n) is 2.61. The van der Waals surface area contributed by atoms with Gasteiger partial charge in [0.25, 0.3) is 0 Å². The van der Waals surface area contributed by atoms with Crippen LogP contribution in [0.3, 0.4) is 0 Å². The van der Waals surface area contributed by atoms with Gasteiger partial charge < -0.3 is 4.79 Å². The fraction of sp³-hybridized carbons (Fsp3) is 0.857. The summed E-state index contributed by atoms with van der Waals surface area (Å²) in [7, 11) is 0. The molecule has 0 aliphatic heterocycles. The van der Waals surface area contributed by atoms with Crippen LogP contribution in [-0.4, -0.2) is 11.6 Å². The first-order valence-electron chi connectivity index (χ1n) is 6.54. The zero-order chi connectivity index (χ0) is 12.1. The number of carbonyl (C=O) groups is 2. The normalized spacial score (nSPS) is 25.8. The highest BCUT2D eigenvalue weighted by Crippen LogP contribution is 2.33. The van der Waals surface area contributed by atoms with Crippen LogP contribution >= 0.6 is 0 Å². The predicted octanol–water partition coefficient (Wildman–Crippen LogP) is 3.39. The van der Waals surface area contributed by atoms with Gasteiger partial charge in [-0.2, -0.15) is 0 Å². The third kappa shape index (κ3) is 4.07. The van der Waals surface area contributed by atoms with Crippen molar-refractivity contribution < 1.29 is 9.59 Å². The molecule has 0 bridgehead atoms. The maximum absolute atomic E-state index is 11.8. The highest BCUT2D eigenvalue weighted by atomic mass is 16.1. The highest BCUT2D eigenvalue weighted by molar-refractivity contribution is 5.82. The summed E-state index contributed by atoms with van der Waals surface area (Å²) in [5.74, 6) is 1.89. The van der Waals surface area contributed by atoms with Crippen LogP contribution in [0.15, 0.2) is 0 Å². The highest BCUT2D eigenvalue weighted by Gasteiger charge is 2.27. The van der Waals surface area contributed by atoms with Crippen LogP contribution in [0.1, 0.15) is 59.3 Å². The van der Waals surface area contributed by atoms with Crippen LogP contribution in [0.2, 0.25) is 0 Å². The average Bonchev–Trinajstić information content (AvgIpc) is 2.26. The molecule has 1 aliphatic carbocycles. The Morgan fingerprint density at radius 1 is 1.12 bits per heavy atom. The van der Waals surface area contributed by atoms with Crippen LogP contribution in [-0.2, 0) is 9.59 Å². The second kappa shape index (κ2) is 6.17.